The Balaban J connectivity index is 1.80. The van der Waals surface area contributed by atoms with Gasteiger partial charge in [-0.25, -0.2) is 0 Å². The number of likely N-dealkylation sites (tertiary alicyclic amines) is 1. The summed E-state index contributed by atoms with van der Waals surface area (Å²) in [5.74, 6) is -1.58. The summed E-state index contributed by atoms with van der Waals surface area (Å²) in [4.78, 5) is 48.7. The van der Waals surface area contributed by atoms with E-state index in [4.69, 9.17) is 0 Å². The third kappa shape index (κ3) is 5.02. The molecule has 3 unspecified atom stereocenters. The van der Waals surface area contributed by atoms with Crippen LogP contribution in [0.5, 0.6) is 0 Å². The second kappa shape index (κ2) is 12.5. The molecule has 40 heavy (non-hydrogen) atoms. The molecular formula is C32H45N3O4S. The topological polar surface area (TPSA) is 81.2 Å². The first-order valence-corrected chi connectivity index (χ1v) is 15.6. The van der Waals surface area contributed by atoms with Crippen LogP contribution in [0.4, 0.5) is 5.69 Å². The maximum Gasteiger partial charge on any atom is 0.247 e. The number of hydrogen-bond acceptors (Lipinski definition) is 5. The first-order valence-electron chi connectivity index (χ1n) is 14.7. The van der Waals surface area contributed by atoms with E-state index in [9.17, 15) is 19.5 Å². The molecule has 3 heterocycles. The SMILES string of the molecule is C=CCN(C(=O)[C@@H]1[C@@H]2CCC3(S2)C(C(=O)N(CC=C)C(C)CCC)N([C@@H](CO)C(C)C)C(=O)[C@H]13)c1ccccc1. The molecule has 7 atom stereocenters. The Morgan fingerprint density at radius 3 is 2.40 bits per heavy atom. The van der Waals surface area contributed by atoms with Gasteiger partial charge in [-0.1, -0.05) is 57.5 Å². The first-order chi connectivity index (χ1) is 19.2. The van der Waals surface area contributed by atoms with Crippen LogP contribution in [-0.2, 0) is 14.4 Å². The average molecular weight is 568 g/mol. The maximum atomic E-state index is 14.6. The Labute approximate surface area is 243 Å². The summed E-state index contributed by atoms with van der Waals surface area (Å²) in [5.41, 5.74) is 0.769. The number of anilines is 1. The molecular weight excluding hydrogens is 522 g/mol. The van der Waals surface area contributed by atoms with Gasteiger partial charge in [0.2, 0.25) is 17.7 Å². The number of hydrogen-bond donors (Lipinski definition) is 1. The highest BCUT2D eigenvalue weighted by Crippen LogP contribution is 2.67. The molecule has 3 aliphatic heterocycles. The number of para-hydroxylation sites is 1. The second-order valence-electron chi connectivity index (χ2n) is 11.8. The molecule has 8 heteroatoms. The zero-order valence-electron chi connectivity index (χ0n) is 24.4. The van der Waals surface area contributed by atoms with Gasteiger partial charge in [-0.2, -0.15) is 0 Å². The molecule has 0 radical (unpaired) electrons. The van der Waals surface area contributed by atoms with E-state index in [0.717, 1.165) is 24.9 Å². The average Bonchev–Trinajstić information content (AvgIpc) is 3.58. The third-order valence-corrected chi connectivity index (χ3v) is 11.0. The van der Waals surface area contributed by atoms with Crippen LogP contribution >= 0.6 is 11.8 Å². The van der Waals surface area contributed by atoms with Crippen LogP contribution in [0.15, 0.2) is 55.6 Å². The van der Waals surface area contributed by atoms with Crippen molar-refractivity contribution >= 4 is 35.2 Å². The number of carbonyl (C=O) groups is 3. The molecule has 1 aromatic carbocycles. The fourth-order valence-electron chi connectivity index (χ4n) is 7.23. The minimum Gasteiger partial charge on any atom is -0.394 e. The molecule has 1 N–H and O–H groups in total. The maximum absolute atomic E-state index is 14.6. The lowest BCUT2D eigenvalue weighted by molar-refractivity contribution is -0.147. The molecule has 3 amide bonds. The van der Waals surface area contributed by atoms with Gasteiger partial charge in [0.1, 0.15) is 6.04 Å². The molecule has 3 fully saturated rings. The predicted molar refractivity (Wildman–Crippen MR) is 162 cm³/mol. The standard InChI is InChI=1S/C32H45N3O4S/c1-7-13-22(6)33(18-8-2)31(39)28-32-17-16-25(40-32)26(27(32)30(38)35(28)24(20-36)21(4)5)29(37)34(19-9-3)23-14-11-10-12-15-23/h8-12,14-15,21-22,24-28,36H,2-3,7,13,16-20H2,1,4-6H3/t22?,24-,25-,26+,27-,28?,32?/m0/s1. The van der Waals surface area contributed by atoms with Crippen molar-refractivity contribution in [1.29, 1.82) is 0 Å². The summed E-state index contributed by atoms with van der Waals surface area (Å²) in [5, 5.41) is 10.5. The van der Waals surface area contributed by atoms with Gasteiger partial charge < -0.3 is 19.8 Å². The van der Waals surface area contributed by atoms with Gasteiger partial charge in [0.05, 0.1) is 29.2 Å². The number of carbonyl (C=O) groups excluding carboxylic acids is 3. The molecule has 2 bridgehead atoms. The normalized spacial score (nSPS) is 28.4. The Hall–Kier alpha value is -2.58. The van der Waals surface area contributed by atoms with Crippen LogP contribution in [0.2, 0.25) is 0 Å². The van der Waals surface area contributed by atoms with E-state index in [1.807, 2.05) is 56.0 Å². The monoisotopic (exact) mass is 567 g/mol. The number of aliphatic hydroxyl groups is 1. The molecule has 1 spiro atoms. The van der Waals surface area contributed by atoms with Gasteiger partial charge >= 0.3 is 0 Å². The fraction of sp³-hybridized carbons (Fsp3) is 0.594. The second-order valence-corrected chi connectivity index (χ2v) is 13.4. The number of thioether (sulfide) groups is 1. The number of amides is 3. The Morgan fingerprint density at radius 2 is 1.82 bits per heavy atom. The van der Waals surface area contributed by atoms with Gasteiger partial charge in [-0.3, -0.25) is 14.4 Å². The van der Waals surface area contributed by atoms with Crippen LogP contribution < -0.4 is 4.90 Å². The predicted octanol–water partition coefficient (Wildman–Crippen LogP) is 4.52. The Kier molecular flexibility index (Phi) is 9.51. The molecule has 1 aromatic rings. The smallest absolute Gasteiger partial charge is 0.247 e. The van der Waals surface area contributed by atoms with Gasteiger partial charge in [0.25, 0.3) is 0 Å². The van der Waals surface area contributed by atoms with Crippen LogP contribution in [0.3, 0.4) is 0 Å². The summed E-state index contributed by atoms with van der Waals surface area (Å²) in [6.45, 7) is 16.3. The van der Waals surface area contributed by atoms with Crippen LogP contribution in [0, 0.1) is 17.8 Å². The van der Waals surface area contributed by atoms with Crippen molar-refractivity contribution in [3.63, 3.8) is 0 Å². The molecule has 7 nitrogen and oxygen atoms in total. The molecule has 0 aromatic heterocycles. The number of fused-ring (bicyclic) bond motifs is 1. The van der Waals surface area contributed by atoms with Crippen molar-refractivity contribution < 1.29 is 19.5 Å². The summed E-state index contributed by atoms with van der Waals surface area (Å²) in [7, 11) is 0. The van der Waals surface area contributed by atoms with E-state index in [-0.39, 0.29) is 41.5 Å². The van der Waals surface area contributed by atoms with Crippen LogP contribution in [0.1, 0.15) is 53.4 Å². The van der Waals surface area contributed by atoms with Crippen molar-refractivity contribution in [2.45, 2.75) is 81.5 Å². The lowest BCUT2D eigenvalue weighted by atomic mass is 9.70. The first kappa shape index (κ1) is 30.4. The van der Waals surface area contributed by atoms with E-state index in [1.54, 1.807) is 33.7 Å². The largest absolute Gasteiger partial charge is 0.394 e. The van der Waals surface area contributed by atoms with Gasteiger partial charge in [0.15, 0.2) is 0 Å². The van der Waals surface area contributed by atoms with E-state index in [0.29, 0.717) is 19.5 Å². The Bertz CT molecular complexity index is 1110. The van der Waals surface area contributed by atoms with E-state index < -0.39 is 28.7 Å². The summed E-state index contributed by atoms with van der Waals surface area (Å²) in [6.07, 6.45) is 6.69. The van der Waals surface area contributed by atoms with Crippen molar-refractivity contribution in [2.75, 3.05) is 24.6 Å². The third-order valence-electron chi connectivity index (χ3n) is 9.06. The molecule has 4 rings (SSSR count). The minimum atomic E-state index is -0.735. The number of rotatable bonds is 13. The van der Waals surface area contributed by atoms with Crippen molar-refractivity contribution in [1.82, 2.24) is 9.80 Å². The van der Waals surface area contributed by atoms with Gasteiger partial charge in [-0.05, 0) is 44.2 Å². The highest BCUT2D eigenvalue weighted by Gasteiger charge is 2.74. The summed E-state index contributed by atoms with van der Waals surface area (Å²) in [6, 6.07) is 8.23. The lowest BCUT2D eigenvalue weighted by Crippen LogP contribution is -2.59. The van der Waals surface area contributed by atoms with Gasteiger partial charge in [-0.15, -0.1) is 24.9 Å². The van der Waals surface area contributed by atoms with Crippen LogP contribution in [0.25, 0.3) is 0 Å². The zero-order valence-corrected chi connectivity index (χ0v) is 25.2. The van der Waals surface area contributed by atoms with Gasteiger partial charge in [0, 0.05) is 30.1 Å². The number of aliphatic hydroxyl groups excluding tert-OH is 1. The van der Waals surface area contributed by atoms with Crippen LogP contribution in [-0.4, -0.2) is 80.4 Å². The quantitative estimate of drug-likeness (QED) is 0.355. The molecule has 0 saturated carbocycles. The van der Waals surface area contributed by atoms with E-state index >= 15 is 0 Å². The highest BCUT2D eigenvalue weighted by atomic mass is 32.2. The summed E-state index contributed by atoms with van der Waals surface area (Å²) >= 11 is 1.67. The molecule has 3 aliphatic rings. The summed E-state index contributed by atoms with van der Waals surface area (Å²) < 4.78 is -0.705. The number of benzene rings is 1. The van der Waals surface area contributed by atoms with Crippen molar-refractivity contribution in [3.8, 4) is 0 Å². The lowest BCUT2D eigenvalue weighted by Gasteiger charge is -2.42. The van der Waals surface area contributed by atoms with Crippen molar-refractivity contribution in [2.24, 2.45) is 17.8 Å². The van der Waals surface area contributed by atoms with E-state index in [1.165, 1.54) is 0 Å². The van der Waals surface area contributed by atoms with E-state index in [2.05, 4.69) is 20.1 Å². The fourth-order valence-corrected chi connectivity index (χ4v) is 9.42. The molecule has 218 valence electrons. The van der Waals surface area contributed by atoms with Crippen molar-refractivity contribution in [3.05, 3.63) is 55.6 Å². The highest BCUT2D eigenvalue weighted by molar-refractivity contribution is 8.02. The minimum absolute atomic E-state index is 0.0169. The zero-order chi connectivity index (χ0) is 29.2. The number of nitrogens with zero attached hydrogens (tertiary/aromatic N) is 3. The molecule has 3 saturated heterocycles. The Morgan fingerprint density at radius 1 is 1.15 bits per heavy atom. The molecule has 0 aliphatic carbocycles.